The van der Waals surface area contributed by atoms with Crippen molar-refractivity contribution in [1.82, 2.24) is 4.90 Å². The Labute approximate surface area is 124 Å². The number of nitrogens with zero attached hydrogens (tertiary/aromatic N) is 1. The molecule has 1 aliphatic rings. The van der Waals surface area contributed by atoms with Gasteiger partial charge in [0, 0.05) is 13.1 Å². The molecule has 1 saturated heterocycles. The van der Waals surface area contributed by atoms with Crippen LogP contribution in [0.4, 0.5) is 11.4 Å². The molecule has 0 saturated carbocycles. The molecule has 1 aliphatic heterocycles. The third kappa shape index (κ3) is 3.93. The van der Waals surface area contributed by atoms with Gasteiger partial charge in [-0.15, -0.1) is 0 Å². The molecule has 1 amide bonds. The number of carbonyl (C=O) groups excluding carboxylic acids is 1. The Morgan fingerprint density at radius 2 is 2.24 bits per heavy atom. The Morgan fingerprint density at radius 1 is 1.52 bits per heavy atom. The fourth-order valence-corrected chi connectivity index (χ4v) is 2.51. The number of anilines is 2. The van der Waals surface area contributed by atoms with Crippen molar-refractivity contribution in [1.29, 1.82) is 0 Å². The largest absolute Gasteiger partial charge is 0.397 e. The van der Waals surface area contributed by atoms with Gasteiger partial charge in [0.15, 0.2) is 0 Å². The predicted octanol–water partition coefficient (Wildman–Crippen LogP) is 0.677. The lowest BCUT2D eigenvalue weighted by atomic mass is 10.1. The molecule has 3 unspecified atom stereocenters. The summed E-state index contributed by atoms with van der Waals surface area (Å²) in [4.78, 5) is 14.4. The molecule has 0 aromatic heterocycles. The minimum Gasteiger partial charge on any atom is -0.397 e. The maximum Gasteiger partial charge on any atom is 0.241 e. The van der Waals surface area contributed by atoms with Gasteiger partial charge in [-0.2, -0.15) is 0 Å². The van der Waals surface area contributed by atoms with E-state index in [4.69, 9.17) is 10.5 Å². The second-order valence-corrected chi connectivity index (χ2v) is 5.46. The van der Waals surface area contributed by atoms with Gasteiger partial charge in [-0.3, -0.25) is 9.69 Å². The number of ether oxygens (including phenoxy) is 1. The third-order valence-electron chi connectivity index (χ3n) is 3.70. The topological polar surface area (TPSA) is 87.8 Å². The summed E-state index contributed by atoms with van der Waals surface area (Å²) in [5.41, 5.74) is 6.99. The lowest BCUT2D eigenvalue weighted by molar-refractivity contribution is -0.131. The molecule has 3 atom stereocenters. The van der Waals surface area contributed by atoms with Crippen LogP contribution >= 0.6 is 0 Å². The molecule has 0 spiro atoms. The molecule has 0 aliphatic carbocycles. The smallest absolute Gasteiger partial charge is 0.241 e. The Kier molecular flexibility index (Phi) is 5.17. The number of morpholine rings is 1. The summed E-state index contributed by atoms with van der Waals surface area (Å²) in [6.07, 6.45) is -0.251. The first-order chi connectivity index (χ1) is 10.0. The van der Waals surface area contributed by atoms with Crippen LogP contribution in [0.1, 0.15) is 13.8 Å². The van der Waals surface area contributed by atoms with Gasteiger partial charge in [0.2, 0.25) is 5.91 Å². The molecule has 1 aromatic rings. The van der Waals surface area contributed by atoms with Gasteiger partial charge in [-0.1, -0.05) is 12.1 Å². The van der Waals surface area contributed by atoms with Crippen molar-refractivity contribution < 1.29 is 14.6 Å². The predicted molar refractivity (Wildman–Crippen MR) is 81.9 cm³/mol. The summed E-state index contributed by atoms with van der Waals surface area (Å²) < 4.78 is 5.59. The number of hydrogen-bond acceptors (Lipinski definition) is 5. The fraction of sp³-hybridized carbons (Fsp3) is 0.533. The van der Waals surface area contributed by atoms with Gasteiger partial charge in [0.05, 0.1) is 36.2 Å². The van der Waals surface area contributed by atoms with E-state index in [1.165, 1.54) is 0 Å². The number of aliphatic hydroxyl groups excluding tert-OH is 1. The second kappa shape index (κ2) is 6.89. The SMILES string of the molecule is CC1CN(C(C)C(=O)Nc2ccccc2N)CC(CO)O1. The van der Waals surface area contributed by atoms with E-state index in [0.717, 1.165) is 0 Å². The summed E-state index contributed by atoms with van der Waals surface area (Å²) >= 11 is 0. The van der Waals surface area contributed by atoms with Gasteiger partial charge in [-0.25, -0.2) is 0 Å². The standard InChI is InChI=1S/C15H23N3O3/c1-10-7-18(8-12(9-19)21-10)11(2)15(20)17-14-6-4-3-5-13(14)16/h3-6,10-12,19H,7-9,16H2,1-2H3,(H,17,20). The third-order valence-corrected chi connectivity index (χ3v) is 3.70. The zero-order valence-corrected chi connectivity index (χ0v) is 12.5. The van der Waals surface area contributed by atoms with Crippen LogP contribution in [0.5, 0.6) is 0 Å². The quantitative estimate of drug-likeness (QED) is 0.711. The number of aliphatic hydroxyl groups is 1. The van der Waals surface area contributed by atoms with Gasteiger partial charge < -0.3 is 20.9 Å². The summed E-state index contributed by atoms with van der Waals surface area (Å²) in [7, 11) is 0. The number of para-hydroxylation sites is 2. The van der Waals surface area contributed by atoms with Crippen LogP contribution < -0.4 is 11.1 Å². The van der Waals surface area contributed by atoms with Crippen LogP contribution in [-0.2, 0) is 9.53 Å². The number of hydrogen-bond donors (Lipinski definition) is 3. The molecule has 1 heterocycles. The molecule has 4 N–H and O–H groups in total. The van der Waals surface area contributed by atoms with Gasteiger partial charge in [0.25, 0.3) is 0 Å². The Hall–Kier alpha value is -1.63. The minimum absolute atomic E-state index is 0.00653. The van der Waals surface area contributed by atoms with E-state index < -0.39 is 0 Å². The molecule has 6 nitrogen and oxygen atoms in total. The number of benzene rings is 1. The van der Waals surface area contributed by atoms with Crippen molar-refractivity contribution in [3.8, 4) is 0 Å². The number of nitrogen functional groups attached to an aromatic ring is 1. The highest BCUT2D eigenvalue weighted by atomic mass is 16.5. The Bertz CT molecular complexity index is 495. The zero-order chi connectivity index (χ0) is 15.4. The summed E-state index contributed by atoms with van der Waals surface area (Å²) in [5, 5.41) is 12.1. The van der Waals surface area contributed by atoms with Crippen LogP contribution in [-0.4, -0.2) is 53.9 Å². The van der Waals surface area contributed by atoms with Crippen LogP contribution in [0.2, 0.25) is 0 Å². The average Bonchev–Trinajstić information content (AvgIpc) is 2.48. The minimum atomic E-state index is -0.315. The fourth-order valence-electron chi connectivity index (χ4n) is 2.51. The number of nitrogens with one attached hydrogen (secondary N) is 1. The molecule has 6 heteroatoms. The first-order valence-corrected chi connectivity index (χ1v) is 7.17. The highest BCUT2D eigenvalue weighted by Gasteiger charge is 2.30. The average molecular weight is 293 g/mol. The summed E-state index contributed by atoms with van der Waals surface area (Å²) in [5.74, 6) is -0.112. The van der Waals surface area contributed by atoms with Crippen molar-refractivity contribution in [3.05, 3.63) is 24.3 Å². The number of nitrogens with two attached hydrogens (primary N) is 1. The second-order valence-electron chi connectivity index (χ2n) is 5.46. The number of carbonyl (C=O) groups is 1. The lowest BCUT2D eigenvalue weighted by Crippen LogP contribution is -2.54. The monoisotopic (exact) mass is 293 g/mol. The van der Waals surface area contributed by atoms with Crippen molar-refractivity contribution in [2.75, 3.05) is 30.7 Å². The van der Waals surface area contributed by atoms with E-state index >= 15 is 0 Å². The molecule has 0 radical (unpaired) electrons. The molecule has 116 valence electrons. The summed E-state index contributed by atoms with van der Waals surface area (Å²) in [6, 6.07) is 6.86. The van der Waals surface area contributed by atoms with Crippen molar-refractivity contribution in [3.63, 3.8) is 0 Å². The van der Waals surface area contributed by atoms with Gasteiger partial charge >= 0.3 is 0 Å². The van der Waals surface area contributed by atoms with E-state index in [-0.39, 0.29) is 30.8 Å². The van der Waals surface area contributed by atoms with Crippen molar-refractivity contribution >= 4 is 17.3 Å². The van der Waals surface area contributed by atoms with Crippen LogP contribution in [0, 0.1) is 0 Å². The molecular weight excluding hydrogens is 270 g/mol. The molecule has 1 fully saturated rings. The van der Waals surface area contributed by atoms with E-state index in [2.05, 4.69) is 5.32 Å². The highest BCUT2D eigenvalue weighted by Crippen LogP contribution is 2.19. The number of rotatable bonds is 4. The maximum atomic E-state index is 12.4. The van der Waals surface area contributed by atoms with E-state index in [1.807, 2.05) is 30.9 Å². The molecule has 2 rings (SSSR count). The molecule has 21 heavy (non-hydrogen) atoms. The zero-order valence-electron chi connectivity index (χ0n) is 12.5. The molecular formula is C15H23N3O3. The van der Waals surface area contributed by atoms with Crippen LogP contribution in [0.25, 0.3) is 0 Å². The molecule has 0 bridgehead atoms. The molecule has 1 aromatic carbocycles. The van der Waals surface area contributed by atoms with Crippen LogP contribution in [0.3, 0.4) is 0 Å². The van der Waals surface area contributed by atoms with Gasteiger partial charge in [-0.05, 0) is 26.0 Å². The van der Waals surface area contributed by atoms with E-state index in [1.54, 1.807) is 12.1 Å². The van der Waals surface area contributed by atoms with E-state index in [9.17, 15) is 9.90 Å². The highest BCUT2D eigenvalue weighted by molar-refractivity contribution is 5.97. The normalized spacial score (nSPS) is 24.5. The summed E-state index contributed by atoms with van der Waals surface area (Å²) in [6.45, 7) is 4.95. The Balaban J connectivity index is 2.00. The first-order valence-electron chi connectivity index (χ1n) is 7.17. The van der Waals surface area contributed by atoms with Gasteiger partial charge in [0.1, 0.15) is 0 Å². The van der Waals surface area contributed by atoms with E-state index in [0.29, 0.717) is 24.5 Å². The van der Waals surface area contributed by atoms with Crippen LogP contribution in [0.15, 0.2) is 24.3 Å². The lowest BCUT2D eigenvalue weighted by Gasteiger charge is -2.38. The number of amides is 1. The van der Waals surface area contributed by atoms with Crippen molar-refractivity contribution in [2.45, 2.75) is 32.1 Å². The van der Waals surface area contributed by atoms with Crippen molar-refractivity contribution in [2.24, 2.45) is 0 Å². The Morgan fingerprint density at radius 3 is 2.90 bits per heavy atom. The first kappa shape index (κ1) is 15.8. The maximum absolute atomic E-state index is 12.4.